The summed E-state index contributed by atoms with van der Waals surface area (Å²) in [6.45, 7) is 2.05. The molecule has 0 bridgehead atoms. The first-order chi connectivity index (χ1) is 11.2. The van der Waals surface area contributed by atoms with Gasteiger partial charge in [-0.05, 0) is 49.4 Å². The summed E-state index contributed by atoms with van der Waals surface area (Å²) in [4.78, 5) is 20.8. The Balaban J connectivity index is 2.21. The lowest BCUT2D eigenvalue weighted by atomic mass is 10.3. The second-order valence-electron chi connectivity index (χ2n) is 4.75. The molecule has 5 nitrogen and oxygen atoms in total. The minimum Gasteiger partial charge on any atom is -0.461 e. The molecule has 6 heteroatoms. The highest BCUT2D eigenvalue weighted by molar-refractivity contribution is 6.30. The average molecular weight is 328 g/mol. The zero-order valence-corrected chi connectivity index (χ0v) is 13.2. The summed E-state index contributed by atoms with van der Waals surface area (Å²) in [7, 11) is 0. The first-order valence-corrected chi connectivity index (χ1v) is 7.51. The largest absolute Gasteiger partial charge is 0.461 e. The number of aromatic nitrogens is 2. The van der Waals surface area contributed by atoms with Crippen molar-refractivity contribution in [2.75, 3.05) is 6.61 Å². The fourth-order valence-corrected chi connectivity index (χ4v) is 2.24. The van der Waals surface area contributed by atoms with Crippen LogP contribution in [-0.2, 0) is 4.74 Å². The van der Waals surface area contributed by atoms with Gasteiger partial charge in [-0.3, -0.25) is 4.40 Å². The molecular weight excluding hydrogens is 314 g/mol. The van der Waals surface area contributed by atoms with Crippen LogP contribution in [0.4, 0.5) is 5.69 Å². The molecule has 1 aromatic carbocycles. The topological polar surface area (TPSA) is 56.0 Å². The van der Waals surface area contributed by atoms with E-state index in [-0.39, 0.29) is 5.69 Å². The Morgan fingerprint density at radius 3 is 2.78 bits per heavy atom. The zero-order valence-electron chi connectivity index (χ0n) is 12.4. The maximum absolute atomic E-state index is 12.0. The highest BCUT2D eigenvalue weighted by atomic mass is 35.5. The van der Waals surface area contributed by atoms with E-state index in [4.69, 9.17) is 16.3 Å². The van der Waals surface area contributed by atoms with Gasteiger partial charge in [0.2, 0.25) is 5.62 Å². The van der Waals surface area contributed by atoms with Crippen LogP contribution in [0.15, 0.2) is 59.7 Å². The Hall–Kier alpha value is -2.66. The molecule has 0 amide bonds. The van der Waals surface area contributed by atoms with Gasteiger partial charge in [0.05, 0.1) is 17.8 Å². The number of hydrogen-bond acceptors (Lipinski definition) is 4. The standard InChI is InChI=1S/C17H14ClN3O2/c1-2-23-16(22)15-11-14-5-3-4-10-21(14)17(20-15)19-13-8-6-12(18)7-9-13/h3-11H,2H2,1H3. The second-order valence-corrected chi connectivity index (χ2v) is 5.18. The summed E-state index contributed by atoms with van der Waals surface area (Å²) in [5.74, 6) is -0.466. The lowest BCUT2D eigenvalue weighted by Crippen LogP contribution is -2.22. The normalized spacial score (nSPS) is 11.7. The van der Waals surface area contributed by atoms with Gasteiger partial charge in [-0.1, -0.05) is 17.7 Å². The van der Waals surface area contributed by atoms with Crippen LogP contribution in [0, 0.1) is 0 Å². The quantitative estimate of drug-likeness (QED) is 0.693. The lowest BCUT2D eigenvalue weighted by molar-refractivity contribution is 0.0519. The molecule has 0 saturated carbocycles. The molecule has 0 N–H and O–H groups in total. The maximum Gasteiger partial charge on any atom is 0.357 e. The number of carbonyl (C=O) groups excluding carboxylic acids is 1. The monoisotopic (exact) mass is 327 g/mol. The average Bonchev–Trinajstić information content (AvgIpc) is 2.57. The number of pyridine rings is 1. The Bertz CT molecular complexity index is 917. The molecule has 2 heterocycles. The fraction of sp³-hybridized carbons (Fsp3) is 0.118. The maximum atomic E-state index is 12.0. The SMILES string of the molecule is CCOC(=O)c1cc2ccccn2c(=Nc2ccc(Cl)cc2)n1. The number of benzene rings is 1. The van der Waals surface area contributed by atoms with Gasteiger partial charge in [-0.2, -0.15) is 0 Å². The van der Waals surface area contributed by atoms with Crippen molar-refractivity contribution in [1.82, 2.24) is 9.38 Å². The van der Waals surface area contributed by atoms with E-state index in [1.807, 2.05) is 24.4 Å². The highest BCUT2D eigenvalue weighted by Crippen LogP contribution is 2.15. The van der Waals surface area contributed by atoms with Gasteiger partial charge in [0.15, 0.2) is 5.69 Å². The first kappa shape index (κ1) is 15.2. The molecule has 0 atom stereocenters. The molecule has 2 aromatic heterocycles. The van der Waals surface area contributed by atoms with E-state index in [1.54, 1.807) is 41.7 Å². The molecule has 23 heavy (non-hydrogen) atoms. The molecule has 0 radical (unpaired) electrons. The molecule has 0 unspecified atom stereocenters. The Morgan fingerprint density at radius 2 is 2.04 bits per heavy atom. The van der Waals surface area contributed by atoms with Gasteiger partial charge in [0, 0.05) is 11.2 Å². The molecule has 0 aliphatic carbocycles. The summed E-state index contributed by atoms with van der Waals surface area (Å²) in [5.41, 5.74) is 2.12. The highest BCUT2D eigenvalue weighted by Gasteiger charge is 2.10. The minimum atomic E-state index is -0.466. The zero-order chi connectivity index (χ0) is 16.2. The summed E-state index contributed by atoms with van der Waals surface area (Å²) in [6, 6.07) is 14.4. The third-order valence-electron chi connectivity index (χ3n) is 3.15. The van der Waals surface area contributed by atoms with Crippen molar-refractivity contribution in [2.24, 2.45) is 4.99 Å². The van der Waals surface area contributed by atoms with E-state index in [2.05, 4.69) is 9.98 Å². The predicted octanol–water partition coefficient (Wildman–Crippen LogP) is 3.40. The van der Waals surface area contributed by atoms with Gasteiger partial charge < -0.3 is 4.74 Å². The molecule has 0 fully saturated rings. The van der Waals surface area contributed by atoms with E-state index >= 15 is 0 Å². The summed E-state index contributed by atoms with van der Waals surface area (Å²) in [5, 5.41) is 0.634. The van der Waals surface area contributed by atoms with Crippen LogP contribution in [-0.4, -0.2) is 22.0 Å². The molecule has 3 aromatic rings. The van der Waals surface area contributed by atoms with Crippen LogP contribution >= 0.6 is 11.6 Å². The molecule has 3 rings (SSSR count). The van der Waals surface area contributed by atoms with Crippen molar-refractivity contribution in [3.63, 3.8) is 0 Å². The van der Waals surface area contributed by atoms with Crippen molar-refractivity contribution < 1.29 is 9.53 Å². The van der Waals surface area contributed by atoms with E-state index < -0.39 is 5.97 Å². The van der Waals surface area contributed by atoms with Crippen LogP contribution in [0.3, 0.4) is 0 Å². The van der Waals surface area contributed by atoms with Crippen LogP contribution in [0.5, 0.6) is 0 Å². The number of hydrogen-bond donors (Lipinski definition) is 0. The summed E-state index contributed by atoms with van der Waals surface area (Å²) < 4.78 is 6.83. The van der Waals surface area contributed by atoms with E-state index in [0.717, 1.165) is 5.52 Å². The molecular formula is C17H14ClN3O2. The number of nitrogens with zero attached hydrogens (tertiary/aromatic N) is 3. The molecule has 0 aliphatic heterocycles. The summed E-state index contributed by atoms with van der Waals surface area (Å²) >= 11 is 5.89. The Labute approximate surface area is 137 Å². The van der Waals surface area contributed by atoms with Crippen molar-refractivity contribution in [3.8, 4) is 0 Å². The van der Waals surface area contributed by atoms with E-state index in [9.17, 15) is 4.79 Å². The van der Waals surface area contributed by atoms with Crippen molar-refractivity contribution in [1.29, 1.82) is 0 Å². The third-order valence-corrected chi connectivity index (χ3v) is 3.40. The van der Waals surface area contributed by atoms with Gasteiger partial charge >= 0.3 is 5.97 Å². The van der Waals surface area contributed by atoms with Crippen molar-refractivity contribution in [3.05, 3.63) is 71.1 Å². The number of halogens is 1. The van der Waals surface area contributed by atoms with Crippen LogP contribution in [0.2, 0.25) is 5.02 Å². The molecule has 116 valence electrons. The number of ether oxygens (including phenoxy) is 1. The minimum absolute atomic E-state index is 0.228. The number of esters is 1. The van der Waals surface area contributed by atoms with Gasteiger partial charge in [0.1, 0.15) is 0 Å². The van der Waals surface area contributed by atoms with Crippen LogP contribution in [0.1, 0.15) is 17.4 Å². The van der Waals surface area contributed by atoms with Crippen LogP contribution < -0.4 is 5.62 Å². The smallest absolute Gasteiger partial charge is 0.357 e. The number of rotatable bonds is 3. The number of carbonyl (C=O) groups is 1. The number of fused-ring (bicyclic) bond motifs is 1. The Morgan fingerprint density at radius 1 is 1.26 bits per heavy atom. The Kier molecular flexibility index (Phi) is 4.39. The molecule has 0 spiro atoms. The molecule has 0 aliphatic rings. The molecule has 0 saturated heterocycles. The fourth-order valence-electron chi connectivity index (χ4n) is 2.11. The first-order valence-electron chi connectivity index (χ1n) is 7.13. The summed E-state index contributed by atoms with van der Waals surface area (Å²) in [6.07, 6.45) is 1.84. The van der Waals surface area contributed by atoms with Gasteiger partial charge in [-0.25, -0.2) is 14.8 Å². The van der Waals surface area contributed by atoms with E-state index in [1.165, 1.54) is 0 Å². The third kappa shape index (κ3) is 3.40. The van der Waals surface area contributed by atoms with Crippen LogP contribution in [0.25, 0.3) is 5.52 Å². The van der Waals surface area contributed by atoms with E-state index in [0.29, 0.717) is 22.9 Å². The van der Waals surface area contributed by atoms with Crippen molar-refractivity contribution in [2.45, 2.75) is 6.92 Å². The lowest BCUT2D eigenvalue weighted by Gasteiger charge is -2.05. The predicted molar refractivity (Wildman–Crippen MR) is 87.8 cm³/mol. The van der Waals surface area contributed by atoms with Gasteiger partial charge in [0.25, 0.3) is 0 Å². The second kappa shape index (κ2) is 6.62. The van der Waals surface area contributed by atoms with Crippen molar-refractivity contribution >= 4 is 28.8 Å². The van der Waals surface area contributed by atoms with Gasteiger partial charge in [-0.15, -0.1) is 0 Å².